The minimum absolute atomic E-state index is 0.898. The summed E-state index contributed by atoms with van der Waals surface area (Å²) in [6.07, 6.45) is 16.9. The van der Waals surface area contributed by atoms with E-state index in [-0.39, 0.29) is 0 Å². The van der Waals surface area contributed by atoms with Crippen LogP contribution in [0.4, 0.5) is 0 Å². The lowest BCUT2D eigenvalue weighted by Gasteiger charge is -2.39. The molecule has 2 rings (SSSR count). The third kappa shape index (κ3) is 5.11. The highest BCUT2D eigenvalue weighted by molar-refractivity contribution is 6.78. The van der Waals surface area contributed by atoms with Gasteiger partial charge in [0, 0.05) is 0 Å². The van der Waals surface area contributed by atoms with Crippen LogP contribution in [-0.2, 0) is 0 Å². The van der Waals surface area contributed by atoms with E-state index in [2.05, 4.69) is 26.9 Å². The minimum Gasteiger partial charge on any atom is -0.0691 e. The van der Waals surface area contributed by atoms with E-state index in [0.29, 0.717) is 0 Å². The van der Waals surface area contributed by atoms with Crippen molar-refractivity contribution in [1.29, 1.82) is 0 Å². The van der Waals surface area contributed by atoms with Gasteiger partial charge in [0.1, 0.15) is 0 Å². The van der Waals surface area contributed by atoms with E-state index in [1.54, 1.807) is 51.0 Å². The van der Waals surface area contributed by atoms with Crippen LogP contribution in [0.1, 0.15) is 84.5 Å². The highest BCUT2D eigenvalue weighted by Crippen LogP contribution is 2.44. The standard InChI is InChI=1S/C20H40Si/c1-5-15-21(3,4)20-13-11-19(12-14-20)16-18-9-7-17(6-2)8-10-18/h17-20H,5-16H2,1-4H3. The molecule has 21 heavy (non-hydrogen) atoms. The first-order valence-corrected chi connectivity index (χ1v) is 13.3. The lowest BCUT2D eigenvalue weighted by Crippen LogP contribution is -2.35. The van der Waals surface area contributed by atoms with Crippen LogP contribution in [0.25, 0.3) is 0 Å². The van der Waals surface area contributed by atoms with E-state index in [4.69, 9.17) is 0 Å². The summed E-state index contributed by atoms with van der Waals surface area (Å²) in [5.41, 5.74) is 1.14. The second-order valence-electron chi connectivity index (χ2n) is 8.99. The summed E-state index contributed by atoms with van der Waals surface area (Å²) in [7, 11) is -0.898. The number of hydrogen-bond acceptors (Lipinski definition) is 0. The van der Waals surface area contributed by atoms with Gasteiger partial charge in [-0.2, -0.15) is 0 Å². The van der Waals surface area contributed by atoms with Crippen LogP contribution in [0.5, 0.6) is 0 Å². The maximum absolute atomic E-state index is 2.66. The van der Waals surface area contributed by atoms with Crippen molar-refractivity contribution in [3.05, 3.63) is 0 Å². The fourth-order valence-corrected chi connectivity index (χ4v) is 8.97. The van der Waals surface area contributed by atoms with Gasteiger partial charge < -0.3 is 0 Å². The van der Waals surface area contributed by atoms with Crippen molar-refractivity contribution in [2.75, 3.05) is 0 Å². The predicted molar refractivity (Wildman–Crippen MR) is 98.6 cm³/mol. The molecule has 0 bridgehead atoms. The first-order chi connectivity index (χ1) is 10.0. The van der Waals surface area contributed by atoms with Crippen molar-refractivity contribution in [3.8, 4) is 0 Å². The van der Waals surface area contributed by atoms with Crippen LogP contribution in [0.3, 0.4) is 0 Å². The molecule has 124 valence electrons. The van der Waals surface area contributed by atoms with Crippen LogP contribution in [0.15, 0.2) is 0 Å². The first-order valence-electron chi connectivity index (χ1n) is 10.0. The molecule has 0 heterocycles. The van der Waals surface area contributed by atoms with E-state index in [0.717, 1.165) is 23.3 Å². The Bertz CT molecular complexity index is 280. The van der Waals surface area contributed by atoms with Crippen LogP contribution >= 0.6 is 0 Å². The molecule has 0 aromatic carbocycles. The molecule has 0 amide bonds. The summed E-state index contributed by atoms with van der Waals surface area (Å²) < 4.78 is 0. The fraction of sp³-hybridized carbons (Fsp3) is 1.00. The van der Waals surface area contributed by atoms with E-state index >= 15 is 0 Å². The Morgan fingerprint density at radius 2 is 1.19 bits per heavy atom. The molecule has 2 fully saturated rings. The summed E-state index contributed by atoms with van der Waals surface area (Å²) in [5.74, 6) is 3.25. The summed E-state index contributed by atoms with van der Waals surface area (Å²) >= 11 is 0. The van der Waals surface area contributed by atoms with Crippen molar-refractivity contribution in [2.24, 2.45) is 17.8 Å². The Morgan fingerprint density at radius 3 is 1.67 bits per heavy atom. The van der Waals surface area contributed by atoms with E-state index in [9.17, 15) is 0 Å². The first kappa shape index (κ1) is 17.6. The maximum atomic E-state index is 2.66. The van der Waals surface area contributed by atoms with Crippen molar-refractivity contribution in [3.63, 3.8) is 0 Å². The van der Waals surface area contributed by atoms with Crippen LogP contribution in [0, 0.1) is 17.8 Å². The van der Waals surface area contributed by atoms with Gasteiger partial charge in [0.15, 0.2) is 0 Å². The Morgan fingerprint density at radius 1 is 0.714 bits per heavy atom. The van der Waals surface area contributed by atoms with Gasteiger partial charge >= 0.3 is 0 Å². The van der Waals surface area contributed by atoms with Crippen LogP contribution in [0.2, 0.25) is 24.7 Å². The van der Waals surface area contributed by atoms with Gasteiger partial charge in [-0.1, -0.05) is 97.2 Å². The zero-order valence-electron chi connectivity index (χ0n) is 15.3. The lowest BCUT2D eigenvalue weighted by atomic mass is 9.74. The Labute approximate surface area is 135 Å². The topological polar surface area (TPSA) is 0 Å². The lowest BCUT2D eigenvalue weighted by molar-refractivity contribution is 0.208. The third-order valence-electron chi connectivity index (χ3n) is 7.06. The average Bonchev–Trinajstić information content (AvgIpc) is 2.48. The summed E-state index contributed by atoms with van der Waals surface area (Å²) in [6.45, 7) is 10.1. The zero-order chi connectivity index (χ0) is 15.3. The van der Waals surface area contributed by atoms with Gasteiger partial charge in [-0.3, -0.25) is 0 Å². The van der Waals surface area contributed by atoms with Crippen molar-refractivity contribution in [2.45, 2.75) is 109 Å². The second kappa shape index (κ2) is 8.18. The molecule has 0 nitrogen and oxygen atoms in total. The SMILES string of the molecule is CCC[Si](C)(C)C1CCC(CC2CCC(CC)CC2)CC1. The third-order valence-corrected chi connectivity index (χ3v) is 11.6. The smallest absolute Gasteiger partial charge is 0.0504 e. The minimum atomic E-state index is -0.898. The fourth-order valence-electron chi connectivity index (χ4n) is 5.37. The van der Waals surface area contributed by atoms with Gasteiger partial charge in [0.25, 0.3) is 0 Å². The zero-order valence-corrected chi connectivity index (χ0v) is 16.3. The molecule has 0 radical (unpaired) electrons. The van der Waals surface area contributed by atoms with E-state index in [1.165, 1.54) is 25.7 Å². The van der Waals surface area contributed by atoms with Crippen molar-refractivity contribution < 1.29 is 0 Å². The average molecular weight is 309 g/mol. The summed E-state index contributed by atoms with van der Waals surface area (Å²) in [6, 6.07) is 1.56. The largest absolute Gasteiger partial charge is 0.0691 e. The predicted octanol–water partition coefficient (Wildman–Crippen LogP) is 7.27. The highest BCUT2D eigenvalue weighted by Gasteiger charge is 2.34. The summed E-state index contributed by atoms with van der Waals surface area (Å²) in [4.78, 5) is 0. The molecule has 0 aromatic heterocycles. The molecule has 0 aliphatic heterocycles. The molecular weight excluding hydrogens is 268 g/mol. The molecule has 0 N–H and O–H groups in total. The van der Waals surface area contributed by atoms with Crippen molar-refractivity contribution in [1.82, 2.24) is 0 Å². The van der Waals surface area contributed by atoms with Crippen LogP contribution in [-0.4, -0.2) is 8.07 Å². The molecular formula is C20H40Si. The highest BCUT2D eigenvalue weighted by atomic mass is 28.3. The Balaban J connectivity index is 1.70. The van der Waals surface area contributed by atoms with E-state index in [1.807, 2.05) is 0 Å². The summed E-state index contributed by atoms with van der Waals surface area (Å²) in [5, 5.41) is 0. The molecule has 1 heteroatoms. The molecule has 0 atom stereocenters. The van der Waals surface area contributed by atoms with Gasteiger partial charge in [-0.05, 0) is 29.7 Å². The van der Waals surface area contributed by atoms with Gasteiger partial charge in [-0.25, -0.2) is 0 Å². The van der Waals surface area contributed by atoms with Crippen LogP contribution < -0.4 is 0 Å². The van der Waals surface area contributed by atoms with Gasteiger partial charge in [0.2, 0.25) is 0 Å². The molecule has 2 aliphatic carbocycles. The number of rotatable bonds is 6. The molecule has 0 aromatic rings. The molecule has 0 unspecified atom stereocenters. The van der Waals surface area contributed by atoms with Crippen molar-refractivity contribution >= 4 is 8.07 Å². The Kier molecular flexibility index (Phi) is 6.84. The normalized spacial score (nSPS) is 34.9. The number of hydrogen-bond donors (Lipinski definition) is 0. The molecule has 2 aliphatic rings. The Hall–Kier alpha value is 0.217. The monoisotopic (exact) mass is 308 g/mol. The van der Waals surface area contributed by atoms with Gasteiger partial charge in [-0.15, -0.1) is 0 Å². The quantitative estimate of drug-likeness (QED) is 0.452. The maximum Gasteiger partial charge on any atom is 0.0504 e. The second-order valence-corrected chi connectivity index (χ2v) is 14.3. The van der Waals surface area contributed by atoms with Gasteiger partial charge in [0.05, 0.1) is 8.07 Å². The molecule has 0 spiro atoms. The molecule has 0 saturated heterocycles. The van der Waals surface area contributed by atoms with E-state index < -0.39 is 8.07 Å². The molecule has 2 saturated carbocycles.